The first-order valence-corrected chi connectivity index (χ1v) is 3.23. The van der Waals surface area contributed by atoms with E-state index in [2.05, 4.69) is 47.8 Å². The summed E-state index contributed by atoms with van der Waals surface area (Å²) in [4.78, 5) is 0. The van der Waals surface area contributed by atoms with Gasteiger partial charge in [0.15, 0.2) is 0 Å². The van der Waals surface area contributed by atoms with Crippen LogP contribution in [0.5, 0.6) is 0 Å². The third-order valence-electron chi connectivity index (χ3n) is 0. The van der Waals surface area contributed by atoms with Gasteiger partial charge in [-0.2, -0.15) is 0 Å². The van der Waals surface area contributed by atoms with Crippen molar-refractivity contribution in [3.05, 3.63) is 6.92 Å². The lowest BCUT2D eigenvalue weighted by molar-refractivity contribution is 1.68. The molecule has 0 saturated carbocycles. The largest absolute Gasteiger partial charge is 0.138 e. The predicted octanol–water partition coefficient (Wildman–Crippen LogP) is 2.54. The maximum atomic E-state index is 5.10. The Balaban J connectivity index is 3.02. The van der Waals surface area contributed by atoms with Crippen molar-refractivity contribution in [2.75, 3.05) is 0 Å². The van der Waals surface area contributed by atoms with Gasteiger partial charge in [0, 0.05) is 6.92 Å². The quantitative estimate of drug-likeness (QED) is 0.590. The number of hydrogen-bond acceptors (Lipinski definition) is 0. The first-order valence-electron chi connectivity index (χ1n) is 0.856. The Bertz CT molecular complexity index is 20.4. The van der Waals surface area contributed by atoms with Gasteiger partial charge < -0.3 is 0 Å². The number of rotatable bonds is 0. The highest BCUT2D eigenvalue weighted by Gasteiger charge is 2.05. The highest BCUT2D eigenvalue weighted by atomic mass is 80.0. The Morgan fingerprint density at radius 3 is 1.20 bits per heavy atom. The first kappa shape index (κ1) is 6.44. The molecule has 0 spiro atoms. The summed E-state index contributed by atoms with van der Waals surface area (Å²) in [5.41, 5.74) is 0. The maximum Gasteiger partial charge on any atom is 0.138 e. The average molecular weight is 265 g/mol. The van der Waals surface area contributed by atoms with E-state index in [4.69, 9.17) is 6.92 Å². The molecule has 3 heteroatoms. The van der Waals surface area contributed by atoms with E-state index in [1.165, 1.54) is 0 Å². The van der Waals surface area contributed by atoms with Crippen molar-refractivity contribution in [1.82, 2.24) is 0 Å². The van der Waals surface area contributed by atoms with Gasteiger partial charge in [0.1, 0.15) is 2.14 Å². The molecule has 0 unspecified atom stereocenters. The van der Waals surface area contributed by atoms with Crippen molar-refractivity contribution < 1.29 is 0 Å². The average Bonchev–Trinajstić information content (AvgIpc) is 0.722. The second kappa shape index (κ2) is 1.94. The normalized spacial score (nSPS) is 12.0. The number of hydrogen-bond donors (Lipinski definition) is 0. The molecule has 0 aliphatic heterocycles. The lowest BCUT2D eigenvalue weighted by atomic mass is 11.0. The lowest BCUT2D eigenvalue weighted by Crippen LogP contribution is -1.84. The maximum absolute atomic E-state index is 5.10. The topological polar surface area (TPSA) is 0 Å². The summed E-state index contributed by atoms with van der Waals surface area (Å²) in [7, 11) is 0. The molecular weight excluding hydrogens is 264 g/mol. The molecule has 30 valence electrons. The van der Waals surface area contributed by atoms with Gasteiger partial charge in [-0.3, -0.25) is 0 Å². The molecule has 2 radical (unpaired) electrons. The molecule has 0 atom stereocenters. The van der Waals surface area contributed by atoms with Gasteiger partial charge in [-0.25, -0.2) is 0 Å². The fraction of sp³-hybridized carbons (Fsp3) is 0.500. The number of alkyl halides is 3. The molecule has 0 amide bonds. The van der Waals surface area contributed by atoms with Gasteiger partial charge in [-0.05, 0) is 0 Å². The molecule has 0 saturated heterocycles. The molecule has 0 bridgehead atoms. The highest BCUT2D eigenvalue weighted by molar-refractivity contribution is 9.39. The third kappa shape index (κ3) is 31.0. The molecule has 0 rings (SSSR count). The summed E-state index contributed by atoms with van der Waals surface area (Å²) in [5, 5.41) is 0. The highest BCUT2D eigenvalue weighted by Crippen LogP contribution is 2.30. The van der Waals surface area contributed by atoms with Crippen molar-refractivity contribution in [2.24, 2.45) is 0 Å². The van der Waals surface area contributed by atoms with Crippen LogP contribution in [0.15, 0.2) is 0 Å². The van der Waals surface area contributed by atoms with E-state index in [-0.39, 0.29) is 0 Å². The summed E-state index contributed by atoms with van der Waals surface area (Å²) in [6.07, 6.45) is 0. The van der Waals surface area contributed by atoms with Crippen LogP contribution in [0, 0.1) is 6.92 Å². The molecule has 0 aromatic carbocycles. The van der Waals surface area contributed by atoms with Gasteiger partial charge in [-0.1, -0.05) is 47.8 Å². The predicted molar refractivity (Wildman–Crippen MR) is 33.8 cm³/mol. The lowest BCUT2D eigenvalue weighted by Gasteiger charge is -1.95. The summed E-state index contributed by atoms with van der Waals surface area (Å²) < 4.78 is -0.562. The minimum atomic E-state index is -0.562. The molecule has 0 fully saturated rings. The Labute approximate surface area is 56.7 Å². The third-order valence-corrected chi connectivity index (χ3v) is 0. The monoisotopic (exact) mass is 262 g/mol. The van der Waals surface area contributed by atoms with Gasteiger partial charge in [0.2, 0.25) is 0 Å². The van der Waals surface area contributed by atoms with Gasteiger partial charge >= 0.3 is 0 Å². The second-order valence-corrected chi connectivity index (χ2v) is 7.49. The zero-order valence-electron chi connectivity index (χ0n) is 2.21. The molecule has 5 heavy (non-hydrogen) atoms. The van der Waals surface area contributed by atoms with Crippen LogP contribution >= 0.6 is 47.8 Å². The molecule has 0 aliphatic carbocycles. The fourth-order valence-electron chi connectivity index (χ4n) is 0. The molecule has 0 aromatic rings. The number of halogens is 3. The van der Waals surface area contributed by atoms with Crippen molar-refractivity contribution in [2.45, 2.75) is 2.14 Å². The molecule has 0 aliphatic rings. The van der Waals surface area contributed by atoms with Crippen LogP contribution in [0.1, 0.15) is 0 Å². The van der Waals surface area contributed by atoms with E-state index in [0.29, 0.717) is 0 Å². The van der Waals surface area contributed by atoms with Crippen LogP contribution in [0.25, 0.3) is 0 Å². The smallest absolute Gasteiger partial charge is 0.0596 e. The first-order chi connectivity index (χ1) is 2.00. The zero-order chi connectivity index (χ0) is 4.50. The van der Waals surface area contributed by atoms with Crippen molar-refractivity contribution >= 4 is 47.8 Å². The molecule has 0 heterocycles. The van der Waals surface area contributed by atoms with Crippen LogP contribution in [-0.2, 0) is 0 Å². The summed E-state index contributed by atoms with van der Waals surface area (Å²) in [5.74, 6) is 0. The van der Waals surface area contributed by atoms with E-state index in [9.17, 15) is 0 Å². The Hall–Kier alpha value is 1.44. The molecule has 0 N–H and O–H groups in total. The summed E-state index contributed by atoms with van der Waals surface area (Å²) in [6, 6.07) is 0. The van der Waals surface area contributed by atoms with Crippen LogP contribution in [0.4, 0.5) is 0 Å². The molecule has 0 nitrogen and oxygen atoms in total. The second-order valence-electron chi connectivity index (χ2n) is 0.542. The van der Waals surface area contributed by atoms with E-state index >= 15 is 0 Å². The SMILES string of the molecule is [CH]C(Br)(Br)Br. The minimum absolute atomic E-state index is 0.562. The standard InChI is InChI=1S/C2HBr3/c1-2(3,4)5/h1H. The van der Waals surface area contributed by atoms with Gasteiger partial charge in [0.05, 0.1) is 0 Å². The minimum Gasteiger partial charge on any atom is -0.0596 e. The Morgan fingerprint density at radius 2 is 1.20 bits per heavy atom. The fourth-order valence-corrected chi connectivity index (χ4v) is 0. The van der Waals surface area contributed by atoms with E-state index in [0.717, 1.165) is 0 Å². The van der Waals surface area contributed by atoms with E-state index in [1.807, 2.05) is 0 Å². The zero-order valence-corrected chi connectivity index (χ0v) is 6.97. The van der Waals surface area contributed by atoms with E-state index < -0.39 is 2.14 Å². The van der Waals surface area contributed by atoms with Crippen molar-refractivity contribution in [3.63, 3.8) is 0 Å². The van der Waals surface area contributed by atoms with Crippen LogP contribution in [0.2, 0.25) is 0 Å². The summed E-state index contributed by atoms with van der Waals surface area (Å²) in [6.45, 7) is 5.10. The van der Waals surface area contributed by atoms with Crippen LogP contribution < -0.4 is 0 Å². The molecule has 0 aromatic heterocycles. The van der Waals surface area contributed by atoms with E-state index in [1.54, 1.807) is 0 Å². The van der Waals surface area contributed by atoms with Crippen molar-refractivity contribution in [3.8, 4) is 0 Å². The summed E-state index contributed by atoms with van der Waals surface area (Å²) >= 11 is 8.96. The Kier molecular flexibility index (Phi) is 2.50. The van der Waals surface area contributed by atoms with Crippen LogP contribution in [-0.4, -0.2) is 2.14 Å². The van der Waals surface area contributed by atoms with Gasteiger partial charge in [-0.15, -0.1) is 0 Å². The van der Waals surface area contributed by atoms with Crippen LogP contribution in [0.3, 0.4) is 0 Å². The Morgan fingerprint density at radius 1 is 1.20 bits per heavy atom. The van der Waals surface area contributed by atoms with Gasteiger partial charge in [0.25, 0.3) is 0 Å². The molecular formula is C2HBr3. The van der Waals surface area contributed by atoms with Crippen molar-refractivity contribution in [1.29, 1.82) is 0 Å².